The van der Waals surface area contributed by atoms with Crippen molar-refractivity contribution in [2.45, 2.75) is 44.7 Å². The van der Waals surface area contributed by atoms with Gasteiger partial charge in [0, 0.05) is 12.1 Å². The Bertz CT molecular complexity index is 382. The van der Waals surface area contributed by atoms with E-state index in [0.717, 1.165) is 25.3 Å². The van der Waals surface area contributed by atoms with Gasteiger partial charge in [0.2, 0.25) is 0 Å². The van der Waals surface area contributed by atoms with E-state index < -0.39 is 9.84 Å². The molecule has 1 saturated heterocycles. The van der Waals surface area contributed by atoms with Crippen LogP contribution in [0.5, 0.6) is 0 Å². The summed E-state index contributed by atoms with van der Waals surface area (Å²) in [6.45, 7) is 3.01. The number of sulfone groups is 1. The van der Waals surface area contributed by atoms with Crippen molar-refractivity contribution >= 4 is 9.84 Å². The van der Waals surface area contributed by atoms with Crippen LogP contribution in [0, 0.1) is 11.8 Å². The van der Waals surface area contributed by atoms with Gasteiger partial charge < -0.3 is 5.73 Å². The Labute approximate surface area is 111 Å². The second-order valence-corrected chi connectivity index (χ2v) is 8.43. The Balaban J connectivity index is 2.04. The molecular weight excluding hydrogens is 248 g/mol. The van der Waals surface area contributed by atoms with Crippen LogP contribution in [0.4, 0.5) is 0 Å². The van der Waals surface area contributed by atoms with Gasteiger partial charge in [0.05, 0.1) is 11.5 Å². The first kappa shape index (κ1) is 14.3. The monoisotopic (exact) mass is 274 g/mol. The Morgan fingerprint density at radius 1 is 1.28 bits per heavy atom. The predicted molar refractivity (Wildman–Crippen MR) is 74.2 cm³/mol. The Kier molecular flexibility index (Phi) is 4.34. The van der Waals surface area contributed by atoms with Gasteiger partial charge >= 0.3 is 0 Å². The molecular formula is C13H26N2O2S. The summed E-state index contributed by atoms with van der Waals surface area (Å²) in [4.78, 5) is 2.32. The molecule has 1 heterocycles. The fraction of sp³-hybridized carbons (Fsp3) is 1.00. The Hall–Kier alpha value is -0.130. The van der Waals surface area contributed by atoms with Crippen LogP contribution < -0.4 is 5.73 Å². The van der Waals surface area contributed by atoms with Gasteiger partial charge in [-0.25, -0.2) is 8.42 Å². The van der Waals surface area contributed by atoms with Crippen LogP contribution in [-0.2, 0) is 9.84 Å². The number of hydrogen-bond donors (Lipinski definition) is 1. The molecule has 0 aromatic heterocycles. The van der Waals surface area contributed by atoms with E-state index in [1.807, 2.05) is 0 Å². The van der Waals surface area contributed by atoms with Gasteiger partial charge in [-0.05, 0) is 44.7 Å². The fourth-order valence-corrected chi connectivity index (χ4v) is 5.34. The second-order valence-electron chi connectivity index (χ2n) is 6.20. The molecule has 4 unspecified atom stereocenters. The second kappa shape index (κ2) is 5.47. The van der Waals surface area contributed by atoms with E-state index in [1.165, 1.54) is 12.8 Å². The molecule has 0 radical (unpaired) electrons. The van der Waals surface area contributed by atoms with Gasteiger partial charge in [-0.15, -0.1) is 0 Å². The molecule has 0 bridgehead atoms. The molecule has 4 atom stereocenters. The van der Waals surface area contributed by atoms with Crippen molar-refractivity contribution in [3.63, 3.8) is 0 Å². The van der Waals surface area contributed by atoms with Crippen molar-refractivity contribution in [3.05, 3.63) is 0 Å². The van der Waals surface area contributed by atoms with E-state index in [-0.39, 0.29) is 6.04 Å². The van der Waals surface area contributed by atoms with Crippen molar-refractivity contribution in [1.82, 2.24) is 4.90 Å². The minimum absolute atomic E-state index is 0.208. The zero-order chi connectivity index (χ0) is 13.3. The van der Waals surface area contributed by atoms with Gasteiger partial charge in [0.1, 0.15) is 0 Å². The maximum absolute atomic E-state index is 11.6. The lowest BCUT2D eigenvalue weighted by molar-refractivity contribution is 0.0812. The van der Waals surface area contributed by atoms with E-state index >= 15 is 0 Å². The van der Waals surface area contributed by atoms with Crippen LogP contribution in [0.2, 0.25) is 0 Å². The van der Waals surface area contributed by atoms with Crippen LogP contribution in [0.15, 0.2) is 0 Å². The SMILES string of the molecule is CC1CCC(CN)C(N(C)C2CCS(=O)(=O)C2)C1. The smallest absolute Gasteiger partial charge is 0.151 e. The van der Waals surface area contributed by atoms with Crippen LogP contribution in [0.1, 0.15) is 32.6 Å². The summed E-state index contributed by atoms with van der Waals surface area (Å²) in [5.41, 5.74) is 5.88. The molecule has 4 nitrogen and oxygen atoms in total. The summed E-state index contributed by atoms with van der Waals surface area (Å²) in [6.07, 6.45) is 4.40. The quantitative estimate of drug-likeness (QED) is 0.829. The predicted octanol–water partition coefficient (Wildman–Crippen LogP) is 0.869. The summed E-state index contributed by atoms with van der Waals surface area (Å²) in [6, 6.07) is 0.677. The molecule has 1 saturated carbocycles. The maximum atomic E-state index is 11.6. The molecule has 2 rings (SSSR count). The van der Waals surface area contributed by atoms with E-state index in [1.54, 1.807) is 0 Å². The van der Waals surface area contributed by atoms with Crippen molar-refractivity contribution in [3.8, 4) is 0 Å². The van der Waals surface area contributed by atoms with Gasteiger partial charge in [0.15, 0.2) is 9.84 Å². The van der Waals surface area contributed by atoms with E-state index in [2.05, 4.69) is 18.9 Å². The molecule has 2 N–H and O–H groups in total. The third kappa shape index (κ3) is 3.06. The van der Waals surface area contributed by atoms with Crippen molar-refractivity contribution in [2.75, 3.05) is 25.1 Å². The highest BCUT2D eigenvalue weighted by molar-refractivity contribution is 7.91. The van der Waals surface area contributed by atoms with Crippen molar-refractivity contribution in [2.24, 2.45) is 17.6 Å². The van der Waals surface area contributed by atoms with Crippen molar-refractivity contribution in [1.29, 1.82) is 0 Å². The number of hydrogen-bond acceptors (Lipinski definition) is 4. The first-order valence-electron chi connectivity index (χ1n) is 7.05. The van der Waals surface area contributed by atoms with Crippen molar-refractivity contribution < 1.29 is 8.42 Å². The lowest BCUT2D eigenvalue weighted by Gasteiger charge is -2.42. The van der Waals surface area contributed by atoms with Crippen LogP contribution in [-0.4, -0.2) is 50.5 Å². The molecule has 2 fully saturated rings. The normalized spacial score (nSPS) is 40.2. The van der Waals surface area contributed by atoms with Gasteiger partial charge in [0.25, 0.3) is 0 Å². The van der Waals surface area contributed by atoms with Gasteiger partial charge in [-0.1, -0.05) is 13.3 Å². The summed E-state index contributed by atoms with van der Waals surface area (Å²) >= 11 is 0. The first-order valence-corrected chi connectivity index (χ1v) is 8.87. The lowest BCUT2D eigenvalue weighted by atomic mass is 9.78. The highest BCUT2D eigenvalue weighted by Gasteiger charge is 2.37. The third-order valence-corrected chi connectivity index (χ3v) is 6.58. The molecule has 0 aromatic carbocycles. The molecule has 2 aliphatic rings. The fourth-order valence-electron chi connectivity index (χ4n) is 3.55. The molecule has 5 heteroatoms. The van der Waals surface area contributed by atoms with Crippen LogP contribution in [0.25, 0.3) is 0 Å². The first-order chi connectivity index (χ1) is 8.43. The lowest BCUT2D eigenvalue weighted by Crippen LogP contribution is -2.49. The Morgan fingerprint density at radius 3 is 2.56 bits per heavy atom. The molecule has 0 spiro atoms. The topological polar surface area (TPSA) is 63.4 Å². The van der Waals surface area contributed by atoms with Crippen LogP contribution in [0.3, 0.4) is 0 Å². The molecule has 106 valence electrons. The number of nitrogens with zero attached hydrogens (tertiary/aromatic N) is 1. The third-order valence-electron chi connectivity index (χ3n) is 4.83. The van der Waals surface area contributed by atoms with E-state index in [9.17, 15) is 8.42 Å². The van der Waals surface area contributed by atoms with E-state index in [0.29, 0.717) is 23.5 Å². The maximum Gasteiger partial charge on any atom is 0.151 e. The highest BCUT2D eigenvalue weighted by Crippen LogP contribution is 2.33. The summed E-state index contributed by atoms with van der Waals surface area (Å²) < 4.78 is 23.2. The zero-order valence-electron chi connectivity index (χ0n) is 11.5. The number of nitrogens with two attached hydrogens (primary N) is 1. The van der Waals surface area contributed by atoms with Gasteiger partial charge in [-0.2, -0.15) is 0 Å². The average Bonchev–Trinajstić information content (AvgIpc) is 2.68. The summed E-state index contributed by atoms with van der Waals surface area (Å²) in [5.74, 6) is 1.97. The minimum Gasteiger partial charge on any atom is -0.330 e. The highest BCUT2D eigenvalue weighted by atomic mass is 32.2. The van der Waals surface area contributed by atoms with Gasteiger partial charge in [-0.3, -0.25) is 4.90 Å². The molecule has 0 amide bonds. The van der Waals surface area contributed by atoms with E-state index in [4.69, 9.17) is 5.73 Å². The summed E-state index contributed by atoms with van der Waals surface area (Å²) in [5, 5.41) is 0. The molecule has 0 aromatic rings. The summed E-state index contributed by atoms with van der Waals surface area (Å²) in [7, 11) is -0.696. The molecule has 18 heavy (non-hydrogen) atoms. The zero-order valence-corrected chi connectivity index (χ0v) is 12.3. The largest absolute Gasteiger partial charge is 0.330 e. The number of rotatable bonds is 3. The standard InChI is InChI=1S/C13H26N2O2S/c1-10-3-4-11(8-14)13(7-10)15(2)12-5-6-18(16,17)9-12/h10-13H,3-9,14H2,1-2H3. The van der Waals surface area contributed by atoms with Crippen LogP contribution >= 0.6 is 0 Å². The molecule has 1 aliphatic heterocycles. The minimum atomic E-state index is -2.79. The Morgan fingerprint density at radius 2 is 2.00 bits per heavy atom. The average molecular weight is 274 g/mol. The molecule has 1 aliphatic carbocycles.